The first-order valence-electron chi connectivity index (χ1n) is 8.03. The highest BCUT2D eigenvalue weighted by Gasteiger charge is 2.24. The zero-order chi connectivity index (χ0) is 16.1. The van der Waals surface area contributed by atoms with Crippen LogP contribution >= 0.6 is 11.6 Å². The molecule has 0 atom stereocenters. The summed E-state index contributed by atoms with van der Waals surface area (Å²) in [5.41, 5.74) is 2.14. The second-order valence-electron chi connectivity index (χ2n) is 6.03. The van der Waals surface area contributed by atoms with Gasteiger partial charge in [0.2, 0.25) is 5.91 Å². The van der Waals surface area contributed by atoms with Crippen LogP contribution in [0.2, 0.25) is 5.02 Å². The van der Waals surface area contributed by atoms with E-state index >= 15 is 0 Å². The third kappa shape index (κ3) is 4.57. The van der Waals surface area contributed by atoms with Crippen LogP contribution < -0.4 is 5.32 Å². The van der Waals surface area contributed by atoms with Crippen molar-refractivity contribution in [3.63, 3.8) is 0 Å². The molecule has 0 bridgehead atoms. The van der Waals surface area contributed by atoms with Gasteiger partial charge in [0.15, 0.2) is 0 Å². The minimum atomic E-state index is 0.0951. The van der Waals surface area contributed by atoms with E-state index in [0.29, 0.717) is 5.02 Å². The van der Waals surface area contributed by atoms with Crippen molar-refractivity contribution in [3.05, 3.63) is 65.2 Å². The lowest BCUT2D eigenvalue weighted by Gasteiger charge is -2.31. The van der Waals surface area contributed by atoms with Gasteiger partial charge in [-0.25, -0.2) is 0 Å². The van der Waals surface area contributed by atoms with E-state index in [1.165, 1.54) is 5.56 Å². The van der Waals surface area contributed by atoms with Gasteiger partial charge in [-0.2, -0.15) is 0 Å². The number of hydrogen-bond acceptors (Lipinski definition) is 2. The average Bonchev–Trinajstić information content (AvgIpc) is 2.58. The van der Waals surface area contributed by atoms with Crippen LogP contribution in [0.15, 0.2) is 54.6 Å². The summed E-state index contributed by atoms with van der Waals surface area (Å²) in [6.07, 6.45) is 1.82. The number of amides is 1. The summed E-state index contributed by atoms with van der Waals surface area (Å²) in [6.45, 7) is 2.90. The molecule has 1 amide bonds. The summed E-state index contributed by atoms with van der Waals surface area (Å²) in [4.78, 5) is 14.8. The van der Waals surface area contributed by atoms with E-state index in [2.05, 4.69) is 34.5 Å². The van der Waals surface area contributed by atoms with Crippen LogP contribution in [-0.4, -0.2) is 23.9 Å². The molecule has 0 aromatic heterocycles. The first-order valence-corrected chi connectivity index (χ1v) is 8.41. The van der Waals surface area contributed by atoms with Gasteiger partial charge in [-0.3, -0.25) is 9.69 Å². The fourth-order valence-corrected chi connectivity index (χ4v) is 3.10. The van der Waals surface area contributed by atoms with Crippen molar-refractivity contribution >= 4 is 23.2 Å². The molecule has 3 rings (SSSR count). The number of carbonyl (C=O) groups is 1. The molecule has 1 aliphatic heterocycles. The Morgan fingerprint density at radius 1 is 1.04 bits per heavy atom. The predicted molar refractivity (Wildman–Crippen MR) is 94.5 cm³/mol. The quantitative estimate of drug-likeness (QED) is 0.912. The van der Waals surface area contributed by atoms with Crippen molar-refractivity contribution in [1.29, 1.82) is 0 Å². The highest BCUT2D eigenvalue weighted by atomic mass is 35.5. The summed E-state index contributed by atoms with van der Waals surface area (Å²) in [5, 5.41) is 3.67. The normalized spacial score (nSPS) is 16.2. The molecule has 23 heavy (non-hydrogen) atoms. The van der Waals surface area contributed by atoms with Crippen molar-refractivity contribution in [2.75, 3.05) is 18.4 Å². The van der Waals surface area contributed by atoms with Gasteiger partial charge in [0.05, 0.1) is 0 Å². The third-order valence-corrected chi connectivity index (χ3v) is 4.57. The van der Waals surface area contributed by atoms with Crippen LogP contribution in [-0.2, 0) is 11.3 Å². The van der Waals surface area contributed by atoms with Gasteiger partial charge in [0.25, 0.3) is 0 Å². The Bertz CT molecular complexity index is 634. The summed E-state index contributed by atoms with van der Waals surface area (Å²) >= 11 is 5.86. The van der Waals surface area contributed by atoms with E-state index in [4.69, 9.17) is 11.6 Å². The Hall–Kier alpha value is -1.84. The number of likely N-dealkylation sites (tertiary alicyclic amines) is 1. The van der Waals surface area contributed by atoms with Gasteiger partial charge >= 0.3 is 0 Å². The van der Waals surface area contributed by atoms with Gasteiger partial charge in [0.1, 0.15) is 0 Å². The van der Waals surface area contributed by atoms with Gasteiger partial charge in [-0.15, -0.1) is 0 Å². The highest BCUT2D eigenvalue weighted by Crippen LogP contribution is 2.21. The maximum atomic E-state index is 12.4. The molecule has 0 aliphatic carbocycles. The standard InChI is InChI=1S/C19H21ClN2O/c20-17-6-8-18(9-7-17)21-19(23)16-10-12-22(13-11-16)14-15-4-2-1-3-5-15/h1-9,16H,10-14H2,(H,21,23). The van der Waals surface area contributed by atoms with E-state index < -0.39 is 0 Å². The lowest BCUT2D eigenvalue weighted by molar-refractivity contribution is -0.121. The number of hydrogen-bond donors (Lipinski definition) is 1. The van der Waals surface area contributed by atoms with E-state index in [-0.39, 0.29) is 11.8 Å². The molecular formula is C19H21ClN2O. The van der Waals surface area contributed by atoms with E-state index in [1.54, 1.807) is 12.1 Å². The number of halogens is 1. The van der Waals surface area contributed by atoms with E-state index in [1.807, 2.05) is 18.2 Å². The molecule has 120 valence electrons. The average molecular weight is 329 g/mol. The number of nitrogens with zero attached hydrogens (tertiary/aromatic N) is 1. The number of nitrogens with one attached hydrogen (secondary N) is 1. The smallest absolute Gasteiger partial charge is 0.227 e. The molecule has 0 saturated carbocycles. The third-order valence-electron chi connectivity index (χ3n) is 4.32. The molecular weight excluding hydrogens is 308 g/mol. The molecule has 1 aliphatic rings. The van der Waals surface area contributed by atoms with Crippen molar-refractivity contribution in [2.24, 2.45) is 5.92 Å². The summed E-state index contributed by atoms with van der Waals surface area (Å²) in [6, 6.07) is 17.7. The first kappa shape index (κ1) is 16.0. The fraction of sp³-hybridized carbons (Fsp3) is 0.316. The van der Waals surface area contributed by atoms with Crippen molar-refractivity contribution in [2.45, 2.75) is 19.4 Å². The Morgan fingerprint density at radius 2 is 1.70 bits per heavy atom. The van der Waals surface area contributed by atoms with Gasteiger partial charge < -0.3 is 5.32 Å². The summed E-state index contributed by atoms with van der Waals surface area (Å²) in [5.74, 6) is 0.212. The summed E-state index contributed by atoms with van der Waals surface area (Å²) in [7, 11) is 0. The van der Waals surface area contributed by atoms with E-state index in [0.717, 1.165) is 38.2 Å². The molecule has 1 heterocycles. The van der Waals surface area contributed by atoms with Crippen LogP contribution in [0.25, 0.3) is 0 Å². The second-order valence-corrected chi connectivity index (χ2v) is 6.47. The number of rotatable bonds is 4. The Morgan fingerprint density at radius 3 is 2.35 bits per heavy atom. The maximum Gasteiger partial charge on any atom is 0.227 e. The van der Waals surface area contributed by atoms with Crippen LogP contribution in [0, 0.1) is 5.92 Å². The molecule has 1 fully saturated rings. The molecule has 2 aromatic rings. The monoisotopic (exact) mass is 328 g/mol. The number of carbonyl (C=O) groups excluding carboxylic acids is 1. The molecule has 0 radical (unpaired) electrons. The fourth-order valence-electron chi connectivity index (χ4n) is 2.97. The molecule has 0 spiro atoms. The largest absolute Gasteiger partial charge is 0.326 e. The molecule has 3 nitrogen and oxygen atoms in total. The minimum Gasteiger partial charge on any atom is -0.326 e. The topological polar surface area (TPSA) is 32.3 Å². The highest BCUT2D eigenvalue weighted by molar-refractivity contribution is 6.30. The zero-order valence-electron chi connectivity index (χ0n) is 13.0. The van der Waals surface area contributed by atoms with Crippen LogP contribution in [0.5, 0.6) is 0 Å². The van der Waals surface area contributed by atoms with Gasteiger partial charge in [0, 0.05) is 23.2 Å². The predicted octanol–water partition coefficient (Wildman–Crippen LogP) is 4.19. The number of piperidine rings is 1. The second kappa shape index (κ2) is 7.62. The minimum absolute atomic E-state index is 0.0951. The number of anilines is 1. The van der Waals surface area contributed by atoms with Gasteiger partial charge in [-0.1, -0.05) is 41.9 Å². The summed E-state index contributed by atoms with van der Waals surface area (Å²) < 4.78 is 0. The molecule has 1 saturated heterocycles. The van der Waals surface area contributed by atoms with Crippen LogP contribution in [0.4, 0.5) is 5.69 Å². The number of benzene rings is 2. The molecule has 2 aromatic carbocycles. The Kier molecular flexibility index (Phi) is 5.31. The van der Waals surface area contributed by atoms with Crippen LogP contribution in [0.1, 0.15) is 18.4 Å². The molecule has 0 unspecified atom stereocenters. The van der Waals surface area contributed by atoms with Crippen molar-refractivity contribution < 1.29 is 4.79 Å². The molecule has 1 N–H and O–H groups in total. The van der Waals surface area contributed by atoms with Crippen molar-refractivity contribution in [3.8, 4) is 0 Å². The zero-order valence-corrected chi connectivity index (χ0v) is 13.8. The van der Waals surface area contributed by atoms with Crippen LogP contribution in [0.3, 0.4) is 0 Å². The Balaban J connectivity index is 1.48. The SMILES string of the molecule is O=C(Nc1ccc(Cl)cc1)C1CCN(Cc2ccccc2)CC1. The lowest BCUT2D eigenvalue weighted by atomic mass is 9.95. The van der Waals surface area contributed by atoms with E-state index in [9.17, 15) is 4.79 Å². The maximum absolute atomic E-state index is 12.4. The Labute approximate surface area is 142 Å². The van der Waals surface area contributed by atoms with Gasteiger partial charge in [-0.05, 0) is 55.8 Å². The molecule has 4 heteroatoms. The van der Waals surface area contributed by atoms with Crippen molar-refractivity contribution in [1.82, 2.24) is 4.90 Å². The first-order chi connectivity index (χ1) is 11.2. The lowest BCUT2D eigenvalue weighted by Crippen LogP contribution is -2.37.